The third-order valence-corrected chi connectivity index (χ3v) is 5.36. The quantitative estimate of drug-likeness (QED) is 0.430. The van der Waals surface area contributed by atoms with Gasteiger partial charge in [0.05, 0.1) is 0 Å². The molecule has 0 aliphatic carbocycles. The van der Waals surface area contributed by atoms with Gasteiger partial charge in [0.15, 0.2) is 0 Å². The van der Waals surface area contributed by atoms with E-state index in [0.29, 0.717) is 11.1 Å². The highest BCUT2D eigenvalue weighted by atomic mass is 32.2. The van der Waals surface area contributed by atoms with E-state index in [-0.39, 0.29) is 21.3 Å². The van der Waals surface area contributed by atoms with Gasteiger partial charge in [0.2, 0.25) is 9.84 Å². The Morgan fingerprint density at radius 2 is 1.19 bits per heavy atom. The molecule has 6 nitrogen and oxygen atoms in total. The lowest BCUT2D eigenvalue weighted by Gasteiger charge is -2.14. The maximum absolute atomic E-state index is 13.2. The summed E-state index contributed by atoms with van der Waals surface area (Å²) in [5.74, 6) is -1.86. The van der Waals surface area contributed by atoms with Gasteiger partial charge in [0.1, 0.15) is 21.3 Å². The molecule has 0 saturated heterocycles. The summed E-state index contributed by atoms with van der Waals surface area (Å²) in [6.07, 6.45) is 1.86. The Balaban J connectivity index is 2.66. The number of rotatable bonds is 6. The molecule has 0 spiro atoms. The third kappa shape index (κ3) is 4.51. The van der Waals surface area contributed by atoms with Crippen molar-refractivity contribution in [2.45, 2.75) is 23.6 Å². The summed E-state index contributed by atoms with van der Waals surface area (Å²) in [6, 6.07) is 8.66. The zero-order valence-electron chi connectivity index (χ0n) is 14.9. The van der Waals surface area contributed by atoms with Crippen LogP contribution in [0.15, 0.2) is 71.5 Å². The zero-order valence-corrected chi connectivity index (χ0v) is 15.7. The molecule has 0 heterocycles. The second-order valence-electron chi connectivity index (χ2n) is 5.65. The van der Waals surface area contributed by atoms with Gasteiger partial charge in [-0.2, -0.15) is 0 Å². The van der Waals surface area contributed by atoms with E-state index in [2.05, 4.69) is 13.2 Å². The minimum atomic E-state index is -4.16. The molecule has 0 aliphatic heterocycles. The third-order valence-electron chi connectivity index (χ3n) is 3.53. The Morgan fingerprint density at radius 1 is 0.815 bits per heavy atom. The van der Waals surface area contributed by atoms with Crippen molar-refractivity contribution in [3.8, 4) is 11.5 Å². The van der Waals surface area contributed by atoms with Crippen LogP contribution in [-0.4, -0.2) is 20.4 Å². The Kier molecular flexibility index (Phi) is 5.97. The fourth-order valence-corrected chi connectivity index (χ4v) is 3.71. The Bertz CT molecular complexity index is 957. The van der Waals surface area contributed by atoms with E-state index in [1.54, 1.807) is 26.0 Å². The minimum Gasteiger partial charge on any atom is -0.422 e. The lowest BCUT2D eigenvalue weighted by Crippen LogP contribution is -2.12. The predicted molar refractivity (Wildman–Crippen MR) is 99.5 cm³/mol. The molecule has 0 amide bonds. The van der Waals surface area contributed by atoms with Crippen LogP contribution in [0.2, 0.25) is 0 Å². The maximum Gasteiger partial charge on any atom is 0.335 e. The molecular weight excluding hydrogens is 368 g/mol. The number of aryl methyl sites for hydroxylation is 2. The molecule has 0 N–H and O–H groups in total. The highest BCUT2D eigenvalue weighted by molar-refractivity contribution is 7.91. The van der Waals surface area contributed by atoms with E-state index in [1.807, 2.05) is 0 Å². The fourth-order valence-electron chi connectivity index (χ4n) is 2.25. The first-order valence-corrected chi connectivity index (χ1v) is 9.32. The first-order chi connectivity index (χ1) is 12.7. The van der Waals surface area contributed by atoms with Crippen molar-refractivity contribution in [1.82, 2.24) is 0 Å². The van der Waals surface area contributed by atoms with Crippen LogP contribution >= 0.6 is 0 Å². The van der Waals surface area contributed by atoms with E-state index >= 15 is 0 Å². The molecule has 2 aromatic carbocycles. The summed E-state index contributed by atoms with van der Waals surface area (Å²) in [5.41, 5.74) is 1.39. The van der Waals surface area contributed by atoms with Gasteiger partial charge in [-0.15, -0.1) is 0 Å². The van der Waals surface area contributed by atoms with Crippen molar-refractivity contribution in [2.24, 2.45) is 0 Å². The molecule has 7 heteroatoms. The van der Waals surface area contributed by atoms with Crippen molar-refractivity contribution in [3.63, 3.8) is 0 Å². The van der Waals surface area contributed by atoms with Crippen molar-refractivity contribution >= 4 is 21.8 Å². The molecular formula is C20H18O6S. The van der Waals surface area contributed by atoms with Gasteiger partial charge in [0.25, 0.3) is 0 Å². The molecule has 0 saturated carbocycles. The van der Waals surface area contributed by atoms with Gasteiger partial charge in [-0.1, -0.05) is 25.3 Å². The van der Waals surface area contributed by atoms with Crippen LogP contribution in [-0.2, 0) is 19.4 Å². The largest absolute Gasteiger partial charge is 0.422 e. The minimum absolute atomic E-state index is 0.138. The summed E-state index contributed by atoms with van der Waals surface area (Å²) in [5, 5.41) is 0. The van der Waals surface area contributed by atoms with Gasteiger partial charge in [-0.25, -0.2) is 18.0 Å². The number of ether oxygens (including phenoxy) is 2. The molecule has 0 fully saturated rings. The number of hydrogen-bond acceptors (Lipinski definition) is 6. The number of benzene rings is 2. The number of carbonyl (C=O) groups is 2. The van der Waals surface area contributed by atoms with Crippen LogP contribution < -0.4 is 9.47 Å². The fraction of sp³-hybridized carbons (Fsp3) is 0.100. The molecule has 0 unspecified atom stereocenters. The molecule has 0 radical (unpaired) electrons. The first-order valence-electron chi connectivity index (χ1n) is 7.84. The van der Waals surface area contributed by atoms with E-state index in [1.165, 1.54) is 24.3 Å². The lowest BCUT2D eigenvalue weighted by atomic mass is 10.2. The van der Waals surface area contributed by atoms with Crippen LogP contribution in [0.5, 0.6) is 11.5 Å². The van der Waals surface area contributed by atoms with Crippen LogP contribution in [0.4, 0.5) is 0 Å². The predicted octanol–water partition coefficient (Wildman–Crippen LogP) is 3.32. The molecule has 0 atom stereocenters. The highest BCUT2D eigenvalue weighted by Gasteiger charge is 2.27. The van der Waals surface area contributed by atoms with Gasteiger partial charge < -0.3 is 9.47 Å². The van der Waals surface area contributed by atoms with Crippen LogP contribution in [0.25, 0.3) is 0 Å². The van der Waals surface area contributed by atoms with Crippen LogP contribution in [0.1, 0.15) is 11.1 Å². The summed E-state index contributed by atoms with van der Waals surface area (Å²) < 4.78 is 36.6. The second kappa shape index (κ2) is 8.01. The van der Waals surface area contributed by atoms with E-state index in [0.717, 1.165) is 12.2 Å². The highest BCUT2D eigenvalue weighted by Crippen LogP contribution is 2.35. The van der Waals surface area contributed by atoms with Gasteiger partial charge >= 0.3 is 11.9 Å². The summed E-state index contributed by atoms with van der Waals surface area (Å²) in [6.45, 7) is 10.1. The second-order valence-corrected chi connectivity index (χ2v) is 7.54. The average Bonchev–Trinajstić information content (AvgIpc) is 2.61. The standard InChI is InChI=1S/C20H18O6S/c1-5-19(21)25-15-11-13(3)7-9-17(15)27(23,24)18-10-8-14(4)12-16(18)26-20(22)6-2/h5-12H,1-2H2,3-4H3. The molecule has 0 bridgehead atoms. The normalized spacial score (nSPS) is 10.7. The average molecular weight is 386 g/mol. The Morgan fingerprint density at radius 3 is 1.52 bits per heavy atom. The SMILES string of the molecule is C=CC(=O)Oc1cc(C)ccc1S(=O)(=O)c1ccc(C)cc1OC(=O)C=C. The monoisotopic (exact) mass is 386 g/mol. The van der Waals surface area contributed by atoms with Gasteiger partial charge in [-0.05, 0) is 49.2 Å². The molecule has 2 rings (SSSR count). The molecule has 0 aromatic heterocycles. The van der Waals surface area contributed by atoms with Crippen molar-refractivity contribution in [1.29, 1.82) is 0 Å². The first kappa shape index (κ1) is 20.1. The van der Waals surface area contributed by atoms with Gasteiger partial charge in [0, 0.05) is 12.2 Å². The smallest absolute Gasteiger partial charge is 0.335 e. The maximum atomic E-state index is 13.2. The topological polar surface area (TPSA) is 86.7 Å². The van der Waals surface area contributed by atoms with Crippen LogP contribution in [0.3, 0.4) is 0 Å². The van der Waals surface area contributed by atoms with Gasteiger partial charge in [-0.3, -0.25) is 0 Å². The summed E-state index contributed by atoms with van der Waals surface area (Å²) >= 11 is 0. The van der Waals surface area contributed by atoms with Crippen LogP contribution in [0, 0.1) is 13.8 Å². The molecule has 27 heavy (non-hydrogen) atoms. The van der Waals surface area contributed by atoms with Crippen molar-refractivity contribution in [3.05, 3.63) is 72.8 Å². The zero-order chi connectivity index (χ0) is 20.2. The molecule has 0 aliphatic rings. The van der Waals surface area contributed by atoms with Crippen molar-refractivity contribution < 1.29 is 27.5 Å². The molecule has 140 valence electrons. The summed E-state index contributed by atoms with van der Waals surface area (Å²) in [4.78, 5) is 22.7. The van der Waals surface area contributed by atoms with E-state index in [9.17, 15) is 18.0 Å². The van der Waals surface area contributed by atoms with Crippen molar-refractivity contribution in [2.75, 3.05) is 0 Å². The van der Waals surface area contributed by atoms with E-state index in [4.69, 9.17) is 9.47 Å². The number of sulfone groups is 1. The lowest BCUT2D eigenvalue weighted by molar-refractivity contribution is -0.130. The summed E-state index contributed by atoms with van der Waals surface area (Å²) in [7, 11) is -4.16. The number of esters is 2. The van der Waals surface area contributed by atoms with E-state index < -0.39 is 21.8 Å². The Labute approximate surface area is 157 Å². The Hall–Kier alpha value is -3.19. The number of carbonyl (C=O) groups excluding carboxylic acids is 2. The molecule has 2 aromatic rings. The number of hydrogen-bond donors (Lipinski definition) is 0.